The molecule has 3 aromatic rings. The lowest BCUT2D eigenvalue weighted by molar-refractivity contribution is -0.117. The van der Waals surface area contributed by atoms with Crippen LogP contribution in [0.1, 0.15) is 12.8 Å². The molecule has 1 aliphatic carbocycles. The van der Waals surface area contributed by atoms with Crippen molar-refractivity contribution in [2.45, 2.75) is 12.8 Å². The highest BCUT2D eigenvalue weighted by molar-refractivity contribution is 7.22. The van der Waals surface area contributed by atoms with Crippen LogP contribution in [0.25, 0.3) is 10.3 Å². The lowest BCUT2D eigenvalue weighted by Crippen LogP contribution is -2.12. The molecule has 1 saturated carbocycles. The first-order valence-electron chi connectivity index (χ1n) is 8.11. The molecule has 0 saturated heterocycles. The number of nitrogens with zero attached hydrogens (tertiary/aromatic N) is 3. The minimum atomic E-state index is 0.0606. The van der Waals surface area contributed by atoms with E-state index in [2.05, 4.69) is 10.3 Å². The molecule has 128 valence electrons. The van der Waals surface area contributed by atoms with Gasteiger partial charge in [-0.25, -0.2) is 9.97 Å². The van der Waals surface area contributed by atoms with Crippen LogP contribution in [0, 0.1) is 5.92 Å². The summed E-state index contributed by atoms with van der Waals surface area (Å²) in [5, 5.41) is 3.49. The van der Waals surface area contributed by atoms with Crippen LogP contribution < -0.4 is 15.0 Å². The molecule has 4 rings (SSSR count). The van der Waals surface area contributed by atoms with E-state index in [9.17, 15) is 4.79 Å². The van der Waals surface area contributed by atoms with Gasteiger partial charge in [0, 0.05) is 13.0 Å². The van der Waals surface area contributed by atoms with E-state index in [1.807, 2.05) is 48.3 Å². The van der Waals surface area contributed by atoms with E-state index in [0.717, 1.165) is 40.4 Å². The van der Waals surface area contributed by atoms with E-state index < -0.39 is 0 Å². The van der Waals surface area contributed by atoms with Crippen LogP contribution >= 0.6 is 11.3 Å². The number of methoxy groups -OCH3 is 1. The number of carbonyl (C=O) groups excluding carboxylic acids is 1. The standard InChI is InChI=1S/C18H18N4O2S/c1-22(13-5-3-4-6-14(13)24-2)15-10-9-12-17(20-15)25-18(19-12)21-16(23)11-7-8-11/h3-6,9-11H,7-8H2,1-2H3,(H,19,21,23). The number of hydrogen-bond acceptors (Lipinski definition) is 6. The van der Waals surface area contributed by atoms with Crippen molar-refractivity contribution >= 4 is 44.2 Å². The zero-order valence-electron chi connectivity index (χ0n) is 14.0. The fourth-order valence-corrected chi connectivity index (χ4v) is 3.47. The molecular weight excluding hydrogens is 336 g/mol. The number of carbonyl (C=O) groups is 1. The molecule has 2 aromatic heterocycles. The summed E-state index contributed by atoms with van der Waals surface area (Å²) in [6, 6.07) is 11.6. The molecular formula is C18H18N4O2S. The van der Waals surface area contributed by atoms with Crippen LogP contribution in [0.3, 0.4) is 0 Å². The fraction of sp³-hybridized carbons (Fsp3) is 0.278. The van der Waals surface area contributed by atoms with Crippen molar-refractivity contribution in [2.75, 3.05) is 24.4 Å². The molecule has 25 heavy (non-hydrogen) atoms. The van der Waals surface area contributed by atoms with Crippen LogP contribution in [-0.2, 0) is 4.79 Å². The Morgan fingerprint density at radius 1 is 1.24 bits per heavy atom. The van der Waals surface area contributed by atoms with Gasteiger partial charge in [0.05, 0.1) is 12.8 Å². The topological polar surface area (TPSA) is 67.3 Å². The smallest absolute Gasteiger partial charge is 0.229 e. The van der Waals surface area contributed by atoms with E-state index in [4.69, 9.17) is 9.72 Å². The Balaban J connectivity index is 1.62. The van der Waals surface area contributed by atoms with Gasteiger partial charge in [-0.1, -0.05) is 23.5 Å². The van der Waals surface area contributed by atoms with Gasteiger partial charge in [0.1, 0.15) is 21.9 Å². The van der Waals surface area contributed by atoms with Crippen molar-refractivity contribution in [1.29, 1.82) is 0 Å². The number of benzene rings is 1. The minimum Gasteiger partial charge on any atom is -0.495 e. The Morgan fingerprint density at radius 3 is 2.80 bits per heavy atom. The van der Waals surface area contributed by atoms with Crippen LogP contribution in [0.2, 0.25) is 0 Å². The summed E-state index contributed by atoms with van der Waals surface area (Å²) in [4.78, 5) is 23.8. The lowest BCUT2D eigenvalue weighted by Gasteiger charge is -2.20. The van der Waals surface area contributed by atoms with Gasteiger partial charge in [0.15, 0.2) is 5.13 Å². The second kappa shape index (κ2) is 6.33. The highest BCUT2D eigenvalue weighted by atomic mass is 32.1. The van der Waals surface area contributed by atoms with E-state index in [1.165, 1.54) is 11.3 Å². The Kier molecular flexibility index (Phi) is 4.01. The van der Waals surface area contributed by atoms with Gasteiger partial charge in [-0.05, 0) is 37.1 Å². The summed E-state index contributed by atoms with van der Waals surface area (Å²) in [7, 11) is 3.60. The van der Waals surface area contributed by atoms with Crippen molar-refractivity contribution in [3.05, 3.63) is 36.4 Å². The molecule has 6 nitrogen and oxygen atoms in total. The van der Waals surface area contributed by atoms with Gasteiger partial charge in [-0.2, -0.15) is 0 Å². The number of rotatable bonds is 5. The second-order valence-electron chi connectivity index (χ2n) is 6.01. The van der Waals surface area contributed by atoms with Gasteiger partial charge in [-0.3, -0.25) is 4.79 Å². The summed E-state index contributed by atoms with van der Waals surface area (Å²) in [5.74, 6) is 1.80. The number of ether oxygens (including phenoxy) is 1. The molecule has 1 N–H and O–H groups in total. The molecule has 1 aromatic carbocycles. The van der Waals surface area contributed by atoms with Crippen molar-refractivity contribution < 1.29 is 9.53 Å². The van der Waals surface area contributed by atoms with Crippen LogP contribution in [0.4, 0.5) is 16.6 Å². The van der Waals surface area contributed by atoms with E-state index >= 15 is 0 Å². The molecule has 0 atom stereocenters. The first-order valence-corrected chi connectivity index (χ1v) is 8.92. The van der Waals surface area contributed by atoms with Gasteiger partial charge in [-0.15, -0.1) is 0 Å². The van der Waals surface area contributed by atoms with Crippen LogP contribution in [-0.4, -0.2) is 30.0 Å². The number of nitrogens with one attached hydrogen (secondary N) is 1. The number of fused-ring (bicyclic) bond motifs is 1. The average molecular weight is 354 g/mol. The number of pyridine rings is 1. The highest BCUT2D eigenvalue weighted by Crippen LogP contribution is 2.34. The van der Waals surface area contributed by atoms with Crippen molar-refractivity contribution in [3.63, 3.8) is 0 Å². The second-order valence-corrected chi connectivity index (χ2v) is 6.98. The molecule has 1 amide bonds. The number of thiazole rings is 1. The summed E-state index contributed by atoms with van der Waals surface area (Å²) in [5.41, 5.74) is 1.72. The lowest BCUT2D eigenvalue weighted by atomic mass is 10.2. The summed E-state index contributed by atoms with van der Waals surface area (Å²) in [6.45, 7) is 0. The van der Waals surface area contributed by atoms with Gasteiger partial charge >= 0.3 is 0 Å². The molecule has 0 aliphatic heterocycles. The quantitative estimate of drug-likeness (QED) is 0.754. The summed E-state index contributed by atoms with van der Waals surface area (Å²) < 4.78 is 5.42. The molecule has 1 fully saturated rings. The maximum absolute atomic E-state index is 11.9. The summed E-state index contributed by atoms with van der Waals surface area (Å²) >= 11 is 1.40. The minimum absolute atomic E-state index is 0.0606. The zero-order valence-corrected chi connectivity index (χ0v) is 14.8. The number of amides is 1. The first kappa shape index (κ1) is 15.8. The van der Waals surface area contributed by atoms with E-state index in [0.29, 0.717) is 5.13 Å². The SMILES string of the molecule is COc1ccccc1N(C)c1ccc2nc(NC(=O)C3CC3)sc2n1. The zero-order chi connectivity index (χ0) is 17.4. The molecule has 2 heterocycles. The number of para-hydroxylation sites is 2. The average Bonchev–Trinajstić information content (AvgIpc) is 3.41. The third kappa shape index (κ3) is 3.15. The number of hydrogen-bond donors (Lipinski definition) is 1. The third-order valence-electron chi connectivity index (χ3n) is 4.21. The molecule has 0 radical (unpaired) electrons. The van der Waals surface area contributed by atoms with E-state index in [-0.39, 0.29) is 11.8 Å². The van der Waals surface area contributed by atoms with Crippen molar-refractivity contribution in [2.24, 2.45) is 5.92 Å². The predicted molar refractivity (Wildman–Crippen MR) is 99.8 cm³/mol. The summed E-state index contributed by atoms with van der Waals surface area (Å²) in [6.07, 6.45) is 1.95. The molecule has 0 spiro atoms. The monoisotopic (exact) mass is 354 g/mol. The Hall–Kier alpha value is -2.67. The maximum atomic E-state index is 11.9. The third-order valence-corrected chi connectivity index (χ3v) is 5.09. The maximum Gasteiger partial charge on any atom is 0.229 e. The van der Waals surface area contributed by atoms with Crippen LogP contribution in [0.5, 0.6) is 5.75 Å². The van der Waals surface area contributed by atoms with Gasteiger partial charge < -0.3 is 15.0 Å². The van der Waals surface area contributed by atoms with Crippen molar-refractivity contribution in [3.8, 4) is 5.75 Å². The molecule has 1 aliphatic rings. The number of aromatic nitrogens is 2. The highest BCUT2D eigenvalue weighted by Gasteiger charge is 2.30. The Bertz CT molecular complexity index is 936. The first-order chi connectivity index (χ1) is 12.2. The normalized spacial score (nSPS) is 13.7. The Labute approximate surface area is 149 Å². The fourth-order valence-electron chi connectivity index (χ4n) is 2.63. The predicted octanol–water partition coefficient (Wildman–Crippen LogP) is 3.82. The molecule has 0 unspecified atom stereocenters. The van der Waals surface area contributed by atoms with Crippen LogP contribution in [0.15, 0.2) is 36.4 Å². The van der Waals surface area contributed by atoms with Gasteiger partial charge in [0.2, 0.25) is 5.91 Å². The number of anilines is 3. The van der Waals surface area contributed by atoms with E-state index in [1.54, 1.807) is 7.11 Å². The molecule has 0 bridgehead atoms. The van der Waals surface area contributed by atoms with Crippen molar-refractivity contribution in [1.82, 2.24) is 9.97 Å². The largest absolute Gasteiger partial charge is 0.495 e. The van der Waals surface area contributed by atoms with Gasteiger partial charge in [0.25, 0.3) is 0 Å². The Morgan fingerprint density at radius 2 is 2.04 bits per heavy atom. The molecule has 7 heteroatoms.